The topological polar surface area (TPSA) is 29.5 Å². The summed E-state index contributed by atoms with van der Waals surface area (Å²) in [6.07, 6.45) is 1.25. The molecular weight excluding hydrogens is 284 g/mol. The summed E-state index contributed by atoms with van der Waals surface area (Å²) in [5.41, 5.74) is 3.52. The third kappa shape index (κ3) is 5.11. The molecule has 2 heteroatoms. The number of aliphatic hydroxyl groups excluding tert-OH is 1. The van der Waals surface area contributed by atoms with E-state index in [-0.39, 0.29) is 11.5 Å². The van der Waals surface area contributed by atoms with Crippen molar-refractivity contribution in [3.8, 4) is 5.75 Å². The summed E-state index contributed by atoms with van der Waals surface area (Å²) in [5.74, 6) is 0.914. The van der Waals surface area contributed by atoms with Gasteiger partial charge < -0.3 is 9.84 Å². The molecule has 2 nitrogen and oxygen atoms in total. The highest BCUT2D eigenvalue weighted by Gasteiger charge is 2.22. The van der Waals surface area contributed by atoms with Crippen molar-refractivity contribution in [3.63, 3.8) is 0 Å². The van der Waals surface area contributed by atoms with E-state index in [0.717, 1.165) is 24.2 Å². The fourth-order valence-electron chi connectivity index (χ4n) is 2.50. The Morgan fingerprint density at radius 1 is 0.957 bits per heavy atom. The predicted molar refractivity (Wildman–Crippen MR) is 95.7 cm³/mol. The summed E-state index contributed by atoms with van der Waals surface area (Å²) in [6.45, 7) is 8.88. The van der Waals surface area contributed by atoms with E-state index in [1.807, 2.05) is 30.3 Å². The van der Waals surface area contributed by atoms with Crippen molar-refractivity contribution in [2.45, 2.75) is 53.2 Å². The number of benzene rings is 2. The maximum absolute atomic E-state index is 10.2. The van der Waals surface area contributed by atoms with E-state index in [2.05, 4.69) is 45.9 Å². The summed E-state index contributed by atoms with van der Waals surface area (Å²) >= 11 is 0. The van der Waals surface area contributed by atoms with E-state index in [1.165, 1.54) is 11.1 Å². The van der Waals surface area contributed by atoms with Gasteiger partial charge in [-0.25, -0.2) is 0 Å². The maximum atomic E-state index is 10.2. The number of hydrogen-bond donors (Lipinski definition) is 1. The lowest BCUT2D eigenvalue weighted by atomic mass is 9.86. The molecule has 124 valence electrons. The fourth-order valence-corrected chi connectivity index (χ4v) is 2.50. The molecule has 0 aliphatic heterocycles. The number of aryl methyl sites for hydroxylation is 2. The molecule has 2 aromatic rings. The van der Waals surface area contributed by atoms with Crippen LogP contribution in [-0.4, -0.2) is 11.2 Å². The molecule has 2 aromatic carbocycles. The molecule has 0 saturated carbocycles. The lowest BCUT2D eigenvalue weighted by molar-refractivity contribution is 0.0558. The van der Waals surface area contributed by atoms with Gasteiger partial charge in [-0.3, -0.25) is 0 Å². The summed E-state index contributed by atoms with van der Waals surface area (Å²) in [5, 5.41) is 10.2. The van der Waals surface area contributed by atoms with Crippen LogP contribution in [0.25, 0.3) is 0 Å². The Bertz CT molecular complexity index is 626. The van der Waals surface area contributed by atoms with Crippen LogP contribution in [0.3, 0.4) is 0 Å². The Kier molecular flexibility index (Phi) is 5.84. The first-order valence-corrected chi connectivity index (χ1v) is 8.31. The summed E-state index contributed by atoms with van der Waals surface area (Å²) < 4.78 is 6.04. The van der Waals surface area contributed by atoms with Crippen molar-refractivity contribution < 1.29 is 9.84 Å². The second-order valence-electron chi connectivity index (χ2n) is 7.24. The highest BCUT2D eigenvalue weighted by atomic mass is 16.5. The average molecular weight is 312 g/mol. The van der Waals surface area contributed by atoms with Gasteiger partial charge in [0.25, 0.3) is 0 Å². The van der Waals surface area contributed by atoms with Gasteiger partial charge in [0, 0.05) is 0 Å². The van der Waals surface area contributed by atoms with Gasteiger partial charge in [0.15, 0.2) is 0 Å². The van der Waals surface area contributed by atoms with Gasteiger partial charge in [-0.15, -0.1) is 0 Å². The largest absolute Gasteiger partial charge is 0.489 e. The van der Waals surface area contributed by atoms with E-state index >= 15 is 0 Å². The zero-order valence-corrected chi connectivity index (χ0v) is 14.7. The van der Waals surface area contributed by atoms with Crippen LogP contribution in [0.5, 0.6) is 5.75 Å². The first kappa shape index (κ1) is 17.6. The Hall–Kier alpha value is -1.80. The third-order valence-corrected chi connectivity index (χ3v) is 4.30. The first-order valence-electron chi connectivity index (χ1n) is 8.31. The van der Waals surface area contributed by atoms with Gasteiger partial charge in [0.2, 0.25) is 0 Å². The molecule has 0 amide bonds. The number of aliphatic hydroxyl groups is 1. The lowest BCUT2D eigenvalue weighted by Gasteiger charge is -2.26. The predicted octanol–water partition coefficient (Wildman–Crippen LogP) is 4.91. The Balaban J connectivity index is 2.02. The van der Waals surface area contributed by atoms with Crippen LogP contribution < -0.4 is 4.74 Å². The van der Waals surface area contributed by atoms with E-state index in [4.69, 9.17) is 4.74 Å². The minimum absolute atomic E-state index is 0.0864. The SMILES string of the molecule is Cc1ccccc1COc1ccccc1CCC(O)C(C)(C)C. The maximum Gasteiger partial charge on any atom is 0.122 e. The van der Waals surface area contributed by atoms with Gasteiger partial charge in [-0.05, 0) is 47.9 Å². The second-order valence-corrected chi connectivity index (χ2v) is 7.24. The minimum atomic E-state index is -0.313. The standard InChI is InChI=1S/C21H28O2/c1-16-9-5-6-11-18(16)15-23-19-12-8-7-10-17(19)13-14-20(22)21(2,3)4/h5-12,20,22H,13-15H2,1-4H3. The normalized spacial score (nSPS) is 12.9. The van der Waals surface area contributed by atoms with Crippen molar-refractivity contribution in [1.82, 2.24) is 0 Å². The second kappa shape index (κ2) is 7.65. The third-order valence-electron chi connectivity index (χ3n) is 4.30. The van der Waals surface area contributed by atoms with E-state index in [1.54, 1.807) is 0 Å². The van der Waals surface area contributed by atoms with Gasteiger partial charge in [-0.2, -0.15) is 0 Å². The van der Waals surface area contributed by atoms with Gasteiger partial charge in [0.1, 0.15) is 12.4 Å². The molecule has 0 fully saturated rings. The molecule has 0 aromatic heterocycles. The smallest absolute Gasteiger partial charge is 0.122 e. The number of para-hydroxylation sites is 1. The Morgan fingerprint density at radius 2 is 1.57 bits per heavy atom. The Labute approximate surface area is 140 Å². The van der Waals surface area contributed by atoms with Gasteiger partial charge >= 0.3 is 0 Å². The summed E-state index contributed by atoms with van der Waals surface area (Å²) in [6, 6.07) is 16.4. The lowest BCUT2D eigenvalue weighted by Crippen LogP contribution is -2.26. The zero-order chi connectivity index (χ0) is 16.9. The fraction of sp³-hybridized carbons (Fsp3) is 0.429. The van der Waals surface area contributed by atoms with Crippen LogP contribution in [0.4, 0.5) is 0 Å². The number of ether oxygens (including phenoxy) is 1. The van der Waals surface area contributed by atoms with E-state index in [9.17, 15) is 5.11 Å². The average Bonchev–Trinajstić information content (AvgIpc) is 2.51. The molecule has 0 aliphatic carbocycles. The van der Waals surface area contributed by atoms with E-state index in [0.29, 0.717) is 6.61 Å². The monoisotopic (exact) mass is 312 g/mol. The van der Waals surface area contributed by atoms with Crippen molar-refractivity contribution in [2.75, 3.05) is 0 Å². The summed E-state index contributed by atoms with van der Waals surface area (Å²) in [4.78, 5) is 0. The highest BCUT2D eigenvalue weighted by Crippen LogP contribution is 2.26. The van der Waals surface area contributed by atoms with E-state index < -0.39 is 0 Å². The quantitative estimate of drug-likeness (QED) is 0.821. The van der Waals surface area contributed by atoms with Crippen molar-refractivity contribution in [2.24, 2.45) is 5.41 Å². The minimum Gasteiger partial charge on any atom is -0.489 e. The molecule has 1 unspecified atom stereocenters. The van der Waals surface area contributed by atoms with Crippen molar-refractivity contribution in [1.29, 1.82) is 0 Å². The molecule has 0 spiro atoms. The molecule has 1 atom stereocenters. The molecule has 0 radical (unpaired) electrons. The molecule has 23 heavy (non-hydrogen) atoms. The number of rotatable bonds is 6. The molecular formula is C21H28O2. The summed E-state index contributed by atoms with van der Waals surface area (Å²) in [7, 11) is 0. The van der Waals surface area contributed by atoms with Crippen molar-refractivity contribution in [3.05, 3.63) is 65.2 Å². The van der Waals surface area contributed by atoms with Gasteiger partial charge in [-0.1, -0.05) is 63.2 Å². The van der Waals surface area contributed by atoms with Crippen LogP contribution in [0.15, 0.2) is 48.5 Å². The molecule has 0 aliphatic rings. The number of hydrogen-bond acceptors (Lipinski definition) is 2. The van der Waals surface area contributed by atoms with Crippen LogP contribution >= 0.6 is 0 Å². The van der Waals surface area contributed by atoms with Crippen LogP contribution in [0.1, 0.15) is 43.9 Å². The molecule has 1 N–H and O–H groups in total. The molecule has 0 bridgehead atoms. The van der Waals surface area contributed by atoms with Crippen LogP contribution in [0.2, 0.25) is 0 Å². The van der Waals surface area contributed by atoms with Gasteiger partial charge in [0.05, 0.1) is 6.10 Å². The van der Waals surface area contributed by atoms with Crippen molar-refractivity contribution >= 4 is 0 Å². The Morgan fingerprint density at radius 3 is 2.22 bits per heavy atom. The molecule has 0 heterocycles. The zero-order valence-electron chi connectivity index (χ0n) is 14.7. The van der Waals surface area contributed by atoms with Crippen LogP contribution in [-0.2, 0) is 13.0 Å². The molecule has 2 rings (SSSR count). The first-order chi connectivity index (χ1) is 10.9. The highest BCUT2D eigenvalue weighted by molar-refractivity contribution is 5.34. The van der Waals surface area contributed by atoms with Crippen LogP contribution in [0, 0.1) is 12.3 Å². The molecule has 0 saturated heterocycles.